The molecule has 132 valence electrons. The number of nitriles is 1. The maximum Gasteiger partial charge on any atom is 0.328 e. The number of urea groups is 2. The van der Waals surface area contributed by atoms with Crippen molar-refractivity contribution in [3.63, 3.8) is 0 Å². The zero-order valence-corrected chi connectivity index (χ0v) is 14.0. The van der Waals surface area contributed by atoms with Gasteiger partial charge in [-0.3, -0.25) is 5.32 Å². The van der Waals surface area contributed by atoms with Gasteiger partial charge in [0.05, 0.1) is 11.6 Å². The molecule has 2 heterocycles. The lowest BCUT2D eigenvalue weighted by Gasteiger charge is -2.39. The third kappa shape index (κ3) is 3.90. The van der Waals surface area contributed by atoms with Crippen molar-refractivity contribution < 1.29 is 14.3 Å². The molecule has 3 N–H and O–H groups in total. The van der Waals surface area contributed by atoms with E-state index in [0.717, 1.165) is 5.56 Å². The number of carbonyl (C=O) groups is 2. The molecule has 8 nitrogen and oxygen atoms in total. The first kappa shape index (κ1) is 17.2. The molecule has 2 saturated heterocycles. The minimum absolute atomic E-state index is 0.139. The molecule has 0 aromatic heterocycles. The summed E-state index contributed by atoms with van der Waals surface area (Å²) in [5, 5.41) is 17.7. The van der Waals surface area contributed by atoms with E-state index in [-0.39, 0.29) is 12.1 Å². The smallest absolute Gasteiger partial charge is 0.328 e. The Bertz CT molecular complexity index is 678. The molecule has 2 fully saturated rings. The molecular formula is C17H21N5O3. The van der Waals surface area contributed by atoms with Gasteiger partial charge in [-0.15, -0.1) is 0 Å². The highest BCUT2D eigenvalue weighted by Gasteiger charge is 2.37. The Morgan fingerprint density at radius 3 is 2.60 bits per heavy atom. The molecule has 0 radical (unpaired) electrons. The zero-order valence-electron chi connectivity index (χ0n) is 14.0. The molecule has 1 atom stereocenters. The van der Waals surface area contributed by atoms with Crippen LogP contribution in [0.3, 0.4) is 0 Å². The summed E-state index contributed by atoms with van der Waals surface area (Å²) in [6.45, 7) is 3.00. The molecule has 0 saturated carbocycles. The molecule has 0 spiro atoms. The monoisotopic (exact) mass is 343 g/mol. The highest BCUT2D eigenvalue weighted by atomic mass is 16.5. The van der Waals surface area contributed by atoms with Crippen LogP contribution in [0.5, 0.6) is 0 Å². The van der Waals surface area contributed by atoms with Crippen molar-refractivity contribution in [2.24, 2.45) is 0 Å². The first-order valence-electron chi connectivity index (χ1n) is 8.32. The Hall–Kier alpha value is -2.63. The Morgan fingerprint density at radius 2 is 1.96 bits per heavy atom. The standard InChI is InChI=1S/C17H21N5O3/c1-11(13-4-2-3-12(9-13)10-18)19-15-20-16(23)22(17(24)21-15)14-5-7-25-8-6-14/h2-4,9,11,14-15,19H,5-8H2,1H3,(H,20,23)(H,21,24)/t11-/m0/s1. The van der Waals surface area contributed by atoms with E-state index in [1.807, 2.05) is 13.0 Å². The van der Waals surface area contributed by atoms with Gasteiger partial charge in [0.25, 0.3) is 0 Å². The van der Waals surface area contributed by atoms with Crippen LogP contribution in [0.1, 0.15) is 36.9 Å². The quantitative estimate of drug-likeness (QED) is 0.766. The van der Waals surface area contributed by atoms with E-state index < -0.39 is 18.4 Å². The van der Waals surface area contributed by atoms with Gasteiger partial charge in [0.1, 0.15) is 0 Å². The number of amides is 4. The lowest BCUT2D eigenvalue weighted by atomic mass is 10.1. The van der Waals surface area contributed by atoms with Gasteiger partial charge in [0, 0.05) is 25.3 Å². The van der Waals surface area contributed by atoms with Crippen LogP contribution in [0.4, 0.5) is 9.59 Å². The highest BCUT2D eigenvalue weighted by Crippen LogP contribution is 2.18. The number of hydrogen-bond acceptors (Lipinski definition) is 5. The summed E-state index contributed by atoms with van der Waals surface area (Å²) in [6, 6.07) is 8.17. The number of nitrogens with one attached hydrogen (secondary N) is 3. The number of hydrogen-bond donors (Lipinski definition) is 3. The van der Waals surface area contributed by atoms with Gasteiger partial charge in [-0.2, -0.15) is 5.26 Å². The maximum absolute atomic E-state index is 12.4. The molecule has 25 heavy (non-hydrogen) atoms. The summed E-state index contributed by atoms with van der Waals surface area (Å²) in [5.41, 5.74) is 1.46. The summed E-state index contributed by atoms with van der Waals surface area (Å²) in [7, 11) is 0. The van der Waals surface area contributed by atoms with Crippen LogP contribution in [0.2, 0.25) is 0 Å². The second-order valence-corrected chi connectivity index (χ2v) is 6.17. The number of imide groups is 1. The minimum Gasteiger partial charge on any atom is -0.381 e. The number of nitrogens with zero attached hydrogens (tertiary/aromatic N) is 2. The van der Waals surface area contributed by atoms with E-state index in [4.69, 9.17) is 10.00 Å². The minimum atomic E-state index is -0.670. The summed E-state index contributed by atoms with van der Waals surface area (Å²) in [4.78, 5) is 26.0. The van der Waals surface area contributed by atoms with E-state index in [1.165, 1.54) is 4.90 Å². The molecule has 0 aliphatic carbocycles. The van der Waals surface area contributed by atoms with Gasteiger partial charge in [0.2, 0.25) is 0 Å². The molecule has 0 bridgehead atoms. The Kier molecular flexibility index (Phi) is 5.16. The van der Waals surface area contributed by atoms with E-state index in [9.17, 15) is 9.59 Å². The van der Waals surface area contributed by atoms with Crippen LogP contribution in [-0.2, 0) is 4.74 Å². The average Bonchev–Trinajstić information content (AvgIpc) is 2.62. The largest absolute Gasteiger partial charge is 0.381 e. The van der Waals surface area contributed by atoms with E-state index in [1.54, 1.807) is 18.2 Å². The lowest BCUT2D eigenvalue weighted by Crippen LogP contribution is -2.70. The first-order valence-corrected chi connectivity index (χ1v) is 8.32. The second kappa shape index (κ2) is 7.51. The SMILES string of the molecule is C[C@H](NC1NC(=O)N(C2CCOCC2)C(=O)N1)c1cccc(C#N)c1. The zero-order chi connectivity index (χ0) is 17.8. The number of ether oxygens (including phenoxy) is 1. The van der Waals surface area contributed by atoms with Crippen LogP contribution in [0.25, 0.3) is 0 Å². The Balaban J connectivity index is 1.62. The van der Waals surface area contributed by atoms with Crippen molar-refractivity contribution in [1.29, 1.82) is 5.26 Å². The average molecular weight is 343 g/mol. The van der Waals surface area contributed by atoms with Crippen LogP contribution in [0, 0.1) is 11.3 Å². The summed E-state index contributed by atoms with van der Waals surface area (Å²) in [5.74, 6) is 0. The third-order valence-corrected chi connectivity index (χ3v) is 4.46. The van der Waals surface area contributed by atoms with Crippen LogP contribution >= 0.6 is 0 Å². The van der Waals surface area contributed by atoms with Crippen molar-refractivity contribution in [3.05, 3.63) is 35.4 Å². The van der Waals surface area contributed by atoms with Crippen molar-refractivity contribution in [2.75, 3.05) is 13.2 Å². The molecule has 8 heteroatoms. The van der Waals surface area contributed by atoms with Gasteiger partial charge in [-0.05, 0) is 37.5 Å². The number of carbonyl (C=O) groups excluding carboxylic acids is 2. The van der Waals surface area contributed by atoms with Gasteiger partial charge >= 0.3 is 12.1 Å². The Labute approximate surface area is 146 Å². The van der Waals surface area contributed by atoms with Crippen molar-refractivity contribution in [2.45, 2.75) is 38.1 Å². The van der Waals surface area contributed by atoms with Gasteiger partial charge < -0.3 is 15.4 Å². The molecular weight excluding hydrogens is 322 g/mol. The van der Waals surface area contributed by atoms with Crippen molar-refractivity contribution in [1.82, 2.24) is 20.9 Å². The van der Waals surface area contributed by atoms with E-state index >= 15 is 0 Å². The Morgan fingerprint density at radius 1 is 1.28 bits per heavy atom. The molecule has 4 amide bonds. The molecule has 1 aromatic carbocycles. The predicted octanol–water partition coefficient (Wildman–Crippen LogP) is 1.41. The molecule has 1 aromatic rings. The third-order valence-electron chi connectivity index (χ3n) is 4.46. The molecule has 0 unspecified atom stereocenters. The fourth-order valence-electron chi connectivity index (χ4n) is 3.10. The predicted molar refractivity (Wildman–Crippen MR) is 89.2 cm³/mol. The number of rotatable bonds is 4. The summed E-state index contributed by atoms with van der Waals surface area (Å²) < 4.78 is 5.28. The van der Waals surface area contributed by atoms with Crippen molar-refractivity contribution in [3.8, 4) is 6.07 Å². The summed E-state index contributed by atoms with van der Waals surface area (Å²) in [6.07, 6.45) is 0.629. The van der Waals surface area contributed by atoms with Crippen LogP contribution < -0.4 is 16.0 Å². The van der Waals surface area contributed by atoms with Gasteiger partial charge in [0.15, 0.2) is 6.29 Å². The molecule has 2 aliphatic heterocycles. The fourth-order valence-corrected chi connectivity index (χ4v) is 3.10. The van der Waals surface area contributed by atoms with E-state index in [2.05, 4.69) is 22.0 Å². The van der Waals surface area contributed by atoms with Gasteiger partial charge in [-0.25, -0.2) is 14.5 Å². The van der Waals surface area contributed by atoms with Gasteiger partial charge in [-0.1, -0.05) is 12.1 Å². The van der Waals surface area contributed by atoms with E-state index in [0.29, 0.717) is 31.6 Å². The maximum atomic E-state index is 12.4. The lowest BCUT2D eigenvalue weighted by molar-refractivity contribution is 0.0492. The second-order valence-electron chi connectivity index (χ2n) is 6.17. The van der Waals surface area contributed by atoms with Crippen LogP contribution in [-0.4, -0.2) is 42.5 Å². The topological polar surface area (TPSA) is 106 Å². The normalized spacial score (nSPS) is 20.6. The van der Waals surface area contributed by atoms with Crippen LogP contribution in [0.15, 0.2) is 24.3 Å². The van der Waals surface area contributed by atoms with Crippen molar-refractivity contribution >= 4 is 12.1 Å². The fraction of sp³-hybridized carbons (Fsp3) is 0.471. The molecule has 2 aliphatic rings. The molecule has 3 rings (SSSR count). The first-order chi connectivity index (χ1) is 12.1. The summed E-state index contributed by atoms with van der Waals surface area (Å²) >= 11 is 0. The highest BCUT2D eigenvalue weighted by molar-refractivity contribution is 5.96. The number of benzene rings is 1.